The van der Waals surface area contributed by atoms with Gasteiger partial charge in [0.05, 0.1) is 0 Å². The minimum Gasteiger partial charge on any atom is -0.481 e. The molecule has 15 heavy (non-hydrogen) atoms. The summed E-state index contributed by atoms with van der Waals surface area (Å²) in [6.07, 6.45) is 7.69. The van der Waals surface area contributed by atoms with Crippen molar-refractivity contribution < 1.29 is 9.90 Å². The number of nitrogens with one attached hydrogen (secondary N) is 1. The van der Waals surface area contributed by atoms with E-state index >= 15 is 0 Å². The maximum Gasteiger partial charge on any atom is 0.303 e. The SMILES string of the molecule is CCC1(CNCCCC(=O)O)CCCC1. The minimum absolute atomic E-state index is 0.284. The zero-order valence-electron chi connectivity index (χ0n) is 9.72. The van der Waals surface area contributed by atoms with E-state index in [2.05, 4.69) is 12.2 Å². The van der Waals surface area contributed by atoms with Crippen LogP contribution in [0.4, 0.5) is 0 Å². The number of carboxylic acids is 1. The normalized spacial score (nSPS) is 19.3. The van der Waals surface area contributed by atoms with Crippen LogP contribution in [-0.2, 0) is 4.79 Å². The van der Waals surface area contributed by atoms with Crippen LogP contribution in [-0.4, -0.2) is 24.2 Å². The van der Waals surface area contributed by atoms with Crippen molar-refractivity contribution in [3.8, 4) is 0 Å². The van der Waals surface area contributed by atoms with Gasteiger partial charge in [0, 0.05) is 13.0 Å². The summed E-state index contributed by atoms with van der Waals surface area (Å²) in [6, 6.07) is 0. The lowest BCUT2D eigenvalue weighted by Gasteiger charge is -2.27. The predicted molar refractivity (Wildman–Crippen MR) is 60.9 cm³/mol. The van der Waals surface area contributed by atoms with Crippen molar-refractivity contribution in [2.24, 2.45) is 5.41 Å². The molecular weight excluding hydrogens is 190 g/mol. The lowest BCUT2D eigenvalue weighted by molar-refractivity contribution is -0.137. The van der Waals surface area contributed by atoms with Crippen LogP contribution < -0.4 is 5.32 Å². The largest absolute Gasteiger partial charge is 0.481 e. The molecule has 0 aliphatic heterocycles. The van der Waals surface area contributed by atoms with Crippen molar-refractivity contribution in [1.82, 2.24) is 5.32 Å². The van der Waals surface area contributed by atoms with E-state index in [1.807, 2.05) is 0 Å². The van der Waals surface area contributed by atoms with Crippen molar-refractivity contribution in [3.05, 3.63) is 0 Å². The lowest BCUT2D eigenvalue weighted by Crippen LogP contribution is -2.32. The van der Waals surface area contributed by atoms with Crippen molar-refractivity contribution in [3.63, 3.8) is 0 Å². The molecule has 0 radical (unpaired) electrons. The second-order valence-corrected chi connectivity index (χ2v) is 4.73. The molecule has 1 aliphatic rings. The van der Waals surface area contributed by atoms with E-state index < -0.39 is 5.97 Å². The summed E-state index contributed by atoms with van der Waals surface area (Å²) >= 11 is 0. The number of carbonyl (C=O) groups is 1. The van der Waals surface area contributed by atoms with Gasteiger partial charge in [-0.2, -0.15) is 0 Å². The highest BCUT2D eigenvalue weighted by Gasteiger charge is 2.31. The molecule has 0 saturated heterocycles. The average molecular weight is 213 g/mol. The third-order valence-corrected chi connectivity index (χ3v) is 3.66. The molecule has 0 aromatic carbocycles. The van der Waals surface area contributed by atoms with E-state index in [1.165, 1.54) is 32.1 Å². The number of aliphatic carboxylic acids is 1. The molecule has 0 aromatic rings. The van der Waals surface area contributed by atoms with E-state index in [1.54, 1.807) is 0 Å². The van der Waals surface area contributed by atoms with Crippen LogP contribution in [0.3, 0.4) is 0 Å². The van der Waals surface area contributed by atoms with E-state index in [0.717, 1.165) is 19.5 Å². The molecule has 3 heteroatoms. The van der Waals surface area contributed by atoms with Crippen LogP contribution in [0.2, 0.25) is 0 Å². The third kappa shape index (κ3) is 4.20. The van der Waals surface area contributed by atoms with E-state index in [0.29, 0.717) is 5.41 Å². The van der Waals surface area contributed by atoms with E-state index in [9.17, 15) is 4.79 Å². The fourth-order valence-electron chi connectivity index (χ4n) is 2.50. The Hall–Kier alpha value is -0.570. The van der Waals surface area contributed by atoms with E-state index in [4.69, 9.17) is 5.11 Å². The summed E-state index contributed by atoms with van der Waals surface area (Å²) in [4.78, 5) is 10.3. The van der Waals surface area contributed by atoms with Gasteiger partial charge in [0.25, 0.3) is 0 Å². The second-order valence-electron chi connectivity index (χ2n) is 4.73. The Morgan fingerprint density at radius 1 is 1.40 bits per heavy atom. The first-order valence-corrected chi connectivity index (χ1v) is 6.11. The van der Waals surface area contributed by atoms with E-state index in [-0.39, 0.29) is 6.42 Å². The fraction of sp³-hybridized carbons (Fsp3) is 0.917. The van der Waals surface area contributed by atoms with Crippen LogP contribution in [0.15, 0.2) is 0 Å². The summed E-state index contributed by atoms with van der Waals surface area (Å²) in [5.74, 6) is -0.692. The van der Waals surface area contributed by atoms with Gasteiger partial charge in [-0.1, -0.05) is 19.8 Å². The van der Waals surface area contributed by atoms with Crippen LogP contribution in [0.25, 0.3) is 0 Å². The van der Waals surface area contributed by atoms with Crippen LogP contribution in [0.1, 0.15) is 51.9 Å². The summed E-state index contributed by atoms with van der Waals surface area (Å²) in [5, 5.41) is 11.9. The first-order chi connectivity index (χ1) is 7.18. The van der Waals surface area contributed by atoms with Gasteiger partial charge in [0.1, 0.15) is 0 Å². The molecule has 0 spiro atoms. The van der Waals surface area contributed by atoms with Crippen molar-refractivity contribution in [2.45, 2.75) is 51.9 Å². The number of hydrogen-bond acceptors (Lipinski definition) is 2. The average Bonchev–Trinajstić information content (AvgIpc) is 2.66. The van der Waals surface area contributed by atoms with Crippen LogP contribution >= 0.6 is 0 Å². The molecule has 0 bridgehead atoms. The maximum absolute atomic E-state index is 10.3. The number of rotatable bonds is 7. The summed E-state index contributed by atoms with van der Waals surface area (Å²) in [6.45, 7) is 4.18. The second kappa shape index (κ2) is 6.11. The van der Waals surface area contributed by atoms with Gasteiger partial charge >= 0.3 is 5.97 Å². The van der Waals surface area contributed by atoms with Crippen LogP contribution in [0, 0.1) is 5.41 Å². The predicted octanol–water partition coefficient (Wildman–Crippen LogP) is 2.41. The van der Waals surface area contributed by atoms with Crippen molar-refractivity contribution in [2.75, 3.05) is 13.1 Å². The zero-order chi connectivity index (χ0) is 11.1. The smallest absolute Gasteiger partial charge is 0.303 e. The summed E-state index contributed by atoms with van der Waals surface area (Å²) in [5.41, 5.74) is 0.517. The fourth-order valence-corrected chi connectivity index (χ4v) is 2.50. The van der Waals surface area contributed by atoms with Crippen LogP contribution in [0.5, 0.6) is 0 Å². The highest BCUT2D eigenvalue weighted by atomic mass is 16.4. The molecule has 88 valence electrons. The Kier molecular flexibility index (Phi) is 5.09. The lowest BCUT2D eigenvalue weighted by atomic mass is 9.83. The molecule has 0 unspecified atom stereocenters. The molecule has 0 aromatic heterocycles. The van der Waals surface area contributed by atoms with Gasteiger partial charge in [-0.25, -0.2) is 0 Å². The number of carboxylic acid groups (broad SMARTS) is 1. The summed E-state index contributed by atoms with van der Waals surface area (Å²) < 4.78 is 0. The monoisotopic (exact) mass is 213 g/mol. The number of hydrogen-bond donors (Lipinski definition) is 2. The van der Waals surface area contributed by atoms with Gasteiger partial charge in [-0.05, 0) is 37.6 Å². The van der Waals surface area contributed by atoms with Gasteiger partial charge in [0.2, 0.25) is 0 Å². The zero-order valence-corrected chi connectivity index (χ0v) is 9.72. The van der Waals surface area contributed by atoms with Crippen molar-refractivity contribution in [1.29, 1.82) is 0 Å². The Bertz CT molecular complexity index is 198. The third-order valence-electron chi connectivity index (χ3n) is 3.66. The Balaban J connectivity index is 2.10. The highest BCUT2D eigenvalue weighted by molar-refractivity contribution is 5.66. The molecule has 0 atom stereocenters. The molecule has 1 rings (SSSR count). The quantitative estimate of drug-likeness (QED) is 0.638. The van der Waals surface area contributed by atoms with Gasteiger partial charge in [0.15, 0.2) is 0 Å². The standard InChI is InChI=1S/C12H23NO2/c1-2-12(7-3-4-8-12)10-13-9-5-6-11(14)15/h13H,2-10H2,1H3,(H,14,15). The molecule has 1 fully saturated rings. The molecule has 1 aliphatic carbocycles. The Morgan fingerprint density at radius 2 is 2.07 bits per heavy atom. The molecule has 2 N–H and O–H groups in total. The molecule has 3 nitrogen and oxygen atoms in total. The molecule has 0 heterocycles. The first-order valence-electron chi connectivity index (χ1n) is 6.11. The molecule has 1 saturated carbocycles. The molecule has 0 amide bonds. The van der Waals surface area contributed by atoms with Gasteiger partial charge < -0.3 is 10.4 Å². The van der Waals surface area contributed by atoms with Crippen molar-refractivity contribution >= 4 is 5.97 Å². The Labute approximate surface area is 92.3 Å². The summed E-state index contributed by atoms with van der Waals surface area (Å²) in [7, 11) is 0. The molecular formula is C12H23NO2. The first kappa shape index (κ1) is 12.5. The highest BCUT2D eigenvalue weighted by Crippen LogP contribution is 2.40. The topological polar surface area (TPSA) is 49.3 Å². The maximum atomic E-state index is 10.3. The Morgan fingerprint density at radius 3 is 2.60 bits per heavy atom. The van der Waals surface area contributed by atoms with Gasteiger partial charge in [-0.15, -0.1) is 0 Å². The van der Waals surface area contributed by atoms with Gasteiger partial charge in [-0.3, -0.25) is 4.79 Å². The minimum atomic E-state index is -0.692.